The Hall–Kier alpha value is -0.0800. The molecule has 0 bridgehead atoms. The highest BCUT2D eigenvalue weighted by molar-refractivity contribution is 4.84. The Kier molecular flexibility index (Phi) is 4.69. The van der Waals surface area contributed by atoms with Gasteiger partial charge in [-0.15, -0.1) is 0 Å². The van der Waals surface area contributed by atoms with Crippen molar-refractivity contribution in [3.05, 3.63) is 0 Å². The number of nitrogens with two attached hydrogens (primary N) is 1. The molecular formula is C9H22N2. The first-order valence-electron chi connectivity index (χ1n) is 4.59. The Balaban J connectivity index is 4.19. The van der Waals surface area contributed by atoms with E-state index in [-0.39, 0.29) is 5.54 Å². The molecule has 0 aromatic rings. The minimum Gasteiger partial charge on any atom is -0.329 e. The molecule has 0 amide bonds. The van der Waals surface area contributed by atoms with Gasteiger partial charge in [-0.3, -0.25) is 4.90 Å². The number of nitrogens with zero attached hydrogens (tertiary/aromatic N) is 1. The van der Waals surface area contributed by atoms with Gasteiger partial charge in [-0.1, -0.05) is 20.8 Å². The predicted octanol–water partition coefficient (Wildman–Crippen LogP) is 1.46. The summed E-state index contributed by atoms with van der Waals surface area (Å²) in [6.07, 6.45) is 1.13. The molecule has 68 valence electrons. The summed E-state index contributed by atoms with van der Waals surface area (Å²) >= 11 is 0. The Bertz CT molecular complexity index is 93.7. The van der Waals surface area contributed by atoms with Gasteiger partial charge in [-0.2, -0.15) is 0 Å². The maximum atomic E-state index is 5.73. The van der Waals surface area contributed by atoms with E-state index < -0.39 is 0 Å². The van der Waals surface area contributed by atoms with Crippen LogP contribution in [-0.4, -0.2) is 30.1 Å². The van der Waals surface area contributed by atoms with Crippen LogP contribution >= 0.6 is 0 Å². The molecule has 1 atom stereocenters. The summed E-state index contributed by atoms with van der Waals surface area (Å²) in [6, 6.07) is 0. The van der Waals surface area contributed by atoms with Crippen molar-refractivity contribution in [1.29, 1.82) is 0 Å². The Morgan fingerprint density at radius 1 is 1.18 bits per heavy atom. The standard InChI is InChI=1S/C9H22N2/c1-5-9(4,8-10)11(6-2)7-3/h5-8,10H2,1-4H3. The molecule has 0 aromatic carbocycles. The minimum absolute atomic E-state index is 0.212. The van der Waals surface area contributed by atoms with Crippen LogP contribution in [0.1, 0.15) is 34.1 Å². The first-order chi connectivity index (χ1) is 5.14. The van der Waals surface area contributed by atoms with E-state index in [1.54, 1.807) is 0 Å². The second kappa shape index (κ2) is 4.73. The number of hydrogen-bond donors (Lipinski definition) is 1. The molecule has 0 rings (SSSR count). The first-order valence-corrected chi connectivity index (χ1v) is 4.59. The summed E-state index contributed by atoms with van der Waals surface area (Å²) in [6.45, 7) is 11.8. The van der Waals surface area contributed by atoms with Crippen LogP contribution < -0.4 is 5.73 Å². The summed E-state index contributed by atoms with van der Waals surface area (Å²) in [5, 5.41) is 0. The van der Waals surface area contributed by atoms with Gasteiger partial charge < -0.3 is 5.73 Å². The summed E-state index contributed by atoms with van der Waals surface area (Å²) < 4.78 is 0. The summed E-state index contributed by atoms with van der Waals surface area (Å²) in [5.74, 6) is 0. The third-order valence-electron chi connectivity index (χ3n) is 2.73. The van der Waals surface area contributed by atoms with Crippen LogP contribution in [0.25, 0.3) is 0 Å². The molecule has 0 aliphatic carbocycles. The van der Waals surface area contributed by atoms with E-state index in [0.717, 1.165) is 26.1 Å². The average Bonchev–Trinajstić information content (AvgIpc) is 2.06. The van der Waals surface area contributed by atoms with Gasteiger partial charge in [0.05, 0.1) is 0 Å². The summed E-state index contributed by atoms with van der Waals surface area (Å²) in [5.41, 5.74) is 5.94. The lowest BCUT2D eigenvalue weighted by molar-refractivity contribution is 0.120. The molecule has 2 N–H and O–H groups in total. The molecule has 0 aromatic heterocycles. The highest BCUT2D eigenvalue weighted by Crippen LogP contribution is 2.16. The number of hydrogen-bond acceptors (Lipinski definition) is 2. The number of likely N-dealkylation sites (N-methyl/N-ethyl adjacent to an activating group) is 1. The lowest BCUT2D eigenvalue weighted by atomic mass is 9.96. The predicted molar refractivity (Wildman–Crippen MR) is 50.7 cm³/mol. The molecule has 0 heterocycles. The van der Waals surface area contributed by atoms with Crippen molar-refractivity contribution < 1.29 is 0 Å². The van der Waals surface area contributed by atoms with E-state index in [4.69, 9.17) is 5.73 Å². The minimum atomic E-state index is 0.212. The molecule has 0 radical (unpaired) electrons. The molecule has 0 aliphatic heterocycles. The molecule has 0 spiro atoms. The lowest BCUT2D eigenvalue weighted by Crippen LogP contribution is -2.50. The molecule has 2 heteroatoms. The molecule has 0 saturated carbocycles. The SMILES string of the molecule is CCN(CC)C(C)(CC)CN. The van der Waals surface area contributed by atoms with Gasteiger partial charge in [-0.05, 0) is 26.4 Å². The topological polar surface area (TPSA) is 29.3 Å². The molecule has 1 unspecified atom stereocenters. The van der Waals surface area contributed by atoms with Crippen LogP contribution in [-0.2, 0) is 0 Å². The zero-order valence-electron chi connectivity index (χ0n) is 8.35. The maximum absolute atomic E-state index is 5.73. The van der Waals surface area contributed by atoms with Crippen LogP contribution in [0.15, 0.2) is 0 Å². The van der Waals surface area contributed by atoms with Crippen LogP contribution in [0.4, 0.5) is 0 Å². The average molecular weight is 158 g/mol. The Morgan fingerprint density at radius 2 is 1.64 bits per heavy atom. The highest BCUT2D eigenvalue weighted by Gasteiger charge is 2.25. The van der Waals surface area contributed by atoms with Gasteiger partial charge in [0.1, 0.15) is 0 Å². The smallest absolute Gasteiger partial charge is 0.0300 e. The fourth-order valence-electron chi connectivity index (χ4n) is 1.48. The van der Waals surface area contributed by atoms with Crippen molar-refractivity contribution in [2.45, 2.75) is 39.7 Å². The fourth-order valence-corrected chi connectivity index (χ4v) is 1.48. The third-order valence-corrected chi connectivity index (χ3v) is 2.73. The van der Waals surface area contributed by atoms with E-state index in [2.05, 4.69) is 32.6 Å². The van der Waals surface area contributed by atoms with Crippen molar-refractivity contribution >= 4 is 0 Å². The Morgan fingerprint density at radius 3 is 1.73 bits per heavy atom. The van der Waals surface area contributed by atoms with Crippen molar-refractivity contribution in [3.8, 4) is 0 Å². The normalized spacial score (nSPS) is 16.9. The molecule has 0 aliphatic rings. The van der Waals surface area contributed by atoms with Crippen molar-refractivity contribution in [3.63, 3.8) is 0 Å². The maximum Gasteiger partial charge on any atom is 0.0300 e. The zero-order chi connectivity index (χ0) is 8.91. The first kappa shape index (κ1) is 10.9. The van der Waals surface area contributed by atoms with E-state index in [0.29, 0.717) is 0 Å². The van der Waals surface area contributed by atoms with E-state index in [1.165, 1.54) is 0 Å². The molecular weight excluding hydrogens is 136 g/mol. The quantitative estimate of drug-likeness (QED) is 0.656. The molecule has 11 heavy (non-hydrogen) atoms. The van der Waals surface area contributed by atoms with Crippen molar-refractivity contribution in [2.24, 2.45) is 5.73 Å². The van der Waals surface area contributed by atoms with E-state index in [9.17, 15) is 0 Å². The van der Waals surface area contributed by atoms with Gasteiger partial charge in [0, 0.05) is 12.1 Å². The monoisotopic (exact) mass is 158 g/mol. The lowest BCUT2D eigenvalue weighted by Gasteiger charge is -2.38. The fraction of sp³-hybridized carbons (Fsp3) is 1.00. The van der Waals surface area contributed by atoms with E-state index in [1.807, 2.05) is 0 Å². The van der Waals surface area contributed by atoms with Gasteiger partial charge >= 0.3 is 0 Å². The Labute approximate surface area is 70.8 Å². The molecule has 0 saturated heterocycles. The summed E-state index contributed by atoms with van der Waals surface area (Å²) in [4.78, 5) is 2.42. The van der Waals surface area contributed by atoms with Gasteiger partial charge in [0.2, 0.25) is 0 Å². The van der Waals surface area contributed by atoms with Crippen LogP contribution in [0, 0.1) is 0 Å². The largest absolute Gasteiger partial charge is 0.329 e. The van der Waals surface area contributed by atoms with Crippen LogP contribution in [0.5, 0.6) is 0 Å². The highest BCUT2D eigenvalue weighted by atomic mass is 15.2. The summed E-state index contributed by atoms with van der Waals surface area (Å²) in [7, 11) is 0. The zero-order valence-corrected chi connectivity index (χ0v) is 8.35. The number of rotatable bonds is 5. The van der Waals surface area contributed by atoms with Crippen LogP contribution in [0.2, 0.25) is 0 Å². The third kappa shape index (κ3) is 2.46. The van der Waals surface area contributed by atoms with Crippen molar-refractivity contribution in [2.75, 3.05) is 19.6 Å². The van der Waals surface area contributed by atoms with Gasteiger partial charge in [0.15, 0.2) is 0 Å². The molecule has 2 nitrogen and oxygen atoms in total. The van der Waals surface area contributed by atoms with Crippen molar-refractivity contribution in [1.82, 2.24) is 4.90 Å². The van der Waals surface area contributed by atoms with E-state index >= 15 is 0 Å². The second-order valence-electron chi connectivity index (χ2n) is 3.23. The van der Waals surface area contributed by atoms with Crippen LogP contribution in [0.3, 0.4) is 0 Å². The molecule has 0 fully saturated rings. The van der Waals surface area contributed by atoms with Gasteiger partial charge in [0.25, 0.3) is 0 Å². The second-order valence-corrected chi connectivity index (χ2v) is 3.23. The van der Waals surface area contributed by atoms with Gasteiger partial charge in [-0.25, -0.2) is 0 Å².